The van der Waals surface area contributed by atoms with E-state index in [0.717, 1.165) is 41.0 Å². The molecule has 1 aliphatic rings. The number of carbonyl (C=O) groups excluding carboxylic acids is 1. The van der Waals surface area contributed by atoms with Crippen LogP contribution in [0.4, 0.5) is 0 Å². The maximum absolute atomic E-state index is 11.4. The Labute approximate surface area is 160 Å². The van der Waals surface area contributed by atoms with Crippen molar-refractivity contribution in [1.29, 1.82) is 0 Å². The van der Waals surface area contributed by atoms with Crippen LogP contribution in [0, 0.1) is 0 Å². The maximum Gasteiger partial charge on any atom is 0.333 e. The van der Waals surface area contributed by atoms with Crippen molar-refractivity contribution in [2.24, 2.45) is 0 Å². The van der Waals surface area contributed by atoms with E-state index in [2.05, 4.69) is 30.9 Å². The predicted molar refractivity (Wildman–Crippen MR) is 107 cm³/mol. The Hall–Kier alpha value is -3.01. The van der Waals surface area contributed by atoms with Crippen molar-refractivity contribution in [3.05, 3.63) is 71.3 Å². The summed E-state index contributed by atoms with van der Waals surface area (Å²) >= 11 is 0. The van der Waals surface area contributed by atoms with Gasteiger partial charge in [0.1, 0.15) is 18.1 Å². The fourth-order valence-electron chi connectivity index (χ4n) is 2.90. The monoisotopic (exact) mass is 364 g/mol. The van der Waals surface area contributed by atoms with E-state index in [-0.39, 0.29) is 5.97 Å². The van der Waals surface area contributed by atoms with Crippen molar-refractivity contribution >= 4 is 17.6 Å². The number of esters is 1. The largest absolute Gasteiger partial charge is 0.497 e. The second-order valence-corrected chi connectivity index (χ2v) is 6.58. The van der Waals surface area contributed by atoms with Crippen molar-refractivity contribution in [1.82, 2.24) is 0 Å². The Balaban J connectivity index is 1.62. The lowest BCUT2D eigenvalue weighted by Gasteiger charge is -2.19. The lowest BCUT2D eigenvalue weighted by atomic mass is 9.99. The molecule has 0 fully saturated rings. The number of rotatable bonds is 7. The van der Waals surface area contributed by atoms with Gasteiger partial charge in [0.25, 0.3) is 0 Å². The molecule has 0 radical (unpaired) electrons. The topological polar surface area (TPSA) is 44.8 Å². The van der Waals surface area contributed by atoms with Gasteiger partial charge in [-0.05, 0) is 60.7 Å². The fourth-order valence-corrected chi connectivity index (χ4v) is 2.90. The number of benzene rings is 2. The zero-order chi connectivity index (χ0) is 19.2. The van der Waals surface area contributed by atoms with Gasteiger partial charge in [-0.1, -0.05) is 30.8 Å². The van der Waals surface area contributed by atoms with Crippen molar-refractivity contribution < 1.29 is 19.0 Å². The third kappa shape index (κ3) is 4.79. The number of carbonyl (C=O) groups is 1. The summed E-state index contributed by atoms with van der Waals surface area (Å²) in [6, 6.07) is 14.2. The minimum absolute atomic E-state index is 0.333. The zero-order valence-electron chi connectivity index (χ0n) is 15.8. The first-order chi connectivity index (χ1) is 13.1. The fraction of sp³-hybridized carbons (Fsp3) is 0.261. The number of methoxy groups -OCH3 is 1. The highest BCUT2D eigenvalue weighted by Gasteiger charge is 2.14. The highest BCUT2D eigenvalue weighted by Crippen LogP contribution is 2.32. The first-order valence-electron chi connectivity index (χ1n) is 9.00. The SMILES string of the molecule is C=C(C)C(=O)OCCCc1ccc2c(c1)OCC(c1ccc(OC)cc1)=C2. The molecule has 0 amide bonds. The molecule has 4 heteroatoms. The minimum atomic E-state index is -0.333. The quantitative estimate of drug-likeness (QED) is 0.406. The maximum atomic E-state index is 11.4. The average Bonchev–Trinajstić information content (AvgIpc) is 2.70. The summed E-state index contributed by atoms with van der Waals surface area (Å²) in [6.07, 6.45) is 3.76. The first kappa shape index (κ1) is 18.8. The van der Waals surface area contributed by atoms with Crippen LogP contribution in [0.2, 0.25) is 0 Å². The summed E-state index contributed by atoms with van der Waals surface area (Å²) in [5.74, 6) is 1.40. The summed E-state index contributed by atoms with van der Waals surface area (Å²) in [5.41, 5.74) is 4.94. The molecule has 1 aliphatic heterocycles. The highest BCUT2D eigenvalue weighted by molar-refractivity contribution is 5.87. The summed E-state index contributed by atoms with van der Waals surface area (Å²) in [6.45, 7) is 6.16. The van der Waals surface area contributed by atoms with E-state index in [1.165, 1.54) is 5.56 Å². The molecule has 2 aromatic carbocycles. The van der Waals surface area contributed by atoms with Crippen molar-refractivity contribution in [2.75, 3.05) is 20.3 Å². The van der Waals surface area contributed by atoms with Gasteiger partial charge in [0.2, 0.25) is 0 Å². The molecule has 3 rings (SSSR count). The van der Waals surface area contributed by atoms with Crippen LogP contribution >= 0.6 is 0 Å². The third-order valence-electron chi connectivity index (χ3n) is 4.44. The predicted octanol–water partition coefficient (Wildman–Crippen LogP) is 4.68. The number of aryl methyl sites for hydroxylation is 1. The molecular weight excluding hydrogens is 340 g/mol. The van der Waals surface area contributed by atoms with Crippen molar-refractivity contribution in [2.45, 2.75) is 19.8 Å². The Morgan fingerprint density at radius 3 is 2.67 bits per heavy atom. The van der Waals surface area contributed by atoms with Crippen LogP contribution in [0.5, 0.6) is 11.5 Å². The van der Waals surface area contributed by atoms with Gasteiger partial charge in [0, 0.05) is 11.1 Å². The van der Waals surface area contributed by atoms with E-state index in [4.69, 9.17) is 14.2 Å². The summed E-state index contributed by atoms with van der Waals surface area (Å²) in [7, 11) is 1.66. The van der Waals surface area contributed by atoms with Gasteiger partial charge in [-0.2, -0.15) is 0 Å². The molecule has 0 aromatic heterocycles. The Morgan fingerprint density at radius 2 is 1.96 bits per heavy atom. The van der Waals surface area contributed by atoms with Crippen LogP contribution in [-0.4, -0.2) is 26.3 Å². The molecule has 0 spiro atoms. The normalized spacial score (nSPS) is 12.4. The standard InChI is InChI=1S/C23H24O4/c1-16(2)23(24)26-12-4-5-17-6-7-19-14-20(15-27-22(19)13-17)18-8-10-21(25-3)11-9-18/h6-11,13-14H,1,4-5,12,15H2,2-3H3. The minimum Gasteiger partial charge on any atom is -0.497 e. The van der Waals surface area contributed by atoms with Crippen LogP contribution in [0.15, 0.2) is 54.6 Å². The Bertz CT molecular complexity index is 862. The van der Waals surface area contributed by atoms with Crippen molar-refractivity contribution in [3.63, 3.8) is 0 Å². The van der Waals surface area contributed by atoms with Gasteiger partial charge in [-0.3, -0.25) is 0 Å². The van der Waals surface area contributed by atoms with E-state index < -0.39 is 0 Å². The van der Waals surface area contributed by atoms with Gasteiger partial charge in [-0.15, -0.1) is 0 Å². The second kappa shape index (κ2) is 8.58. The molecule has 2 aromatic rings. The molecule has 0 unspecified atom stereocenters. The molecule has 27 heavy (non-hydrogen) atoms. The molecule has 0 saturated carbocycles. The Kier molecular flexibility index (Phi) is 5.97. The van der Waals surface area contributed by atoms with Crippen LogP contribution < -0.4 is 9.47 Å². The Morgan fingerprint density at radius 1 is 1.19 bits per heavy atom. The van der Waals surface area contributed by atoms with E-state index >= 15 is 0 Å². The smallest absolute Gasteiger partial charge is 0.333 e. The van der Waals surface area contributed by atoms with Crippen LogP contribution in [0.25, 0.3) is 11.6 Å². The first-order valence-corrected chi connectivity index (χ1v) is 9.00. The van der Waals surface area contributed by atoms with Gasteiger partial charge in [0.05, 0.1) is 13.7 Å². The second-order valence-electron chi connectivity index (χ2n) is 6.58. The molecule has 0 saturated heterocycles. The van der Waals surface area contributed by atoms with E-state index in [9.17, 15) is 4.79 Å². The number of fused-ring (bicyclic) bond motifs is 1. The highest BCUT2D eigenvalue weighted by atomic mass is 16.5. The number of hydrogen-bond acceptors (Lipinski definition) is 4. The molecule has 0 aliphatic carbocycles. The molecular formula is C23H24O4. The van der Waals surface area contributed by atoms with Gasteiger partial charge in [0.15, 0.2) is 0 Å². The van der Waals surface area contributed by atoms with Gasteiger partial charge in [-0.25, -0.2) is 4.79 Å². The van der Waals surface area contributed by atoms with Crippen LogP contribution in [0.1, 0.15) is 30.0 Å². The number of hydrogen-bond donors (Lipinski definition) is 0. The van der Waals surface area contributed by atoms with Crippen LogP contribution in [0.3, 0.4) is 0 Å². The zero-order valence-corrected chi connectivity index (χ0v) is 15.8. The molecule has 1 heterocycles. The lowest BCUT2D eigenvalue weighted by Crippen LogP contribution is -2.08. The molecule has 0 bridgehead atoms. The molecule has 0 N–H and O–H groups in total. The van der Waals surface area contributed by atoms with E-state index in [1.54, 1.807) is 14.0 Å². The van der Waals surface area contributed by atoms with Gasteiger partial charge < -0.3 is 14.2 Å². The number of ether oxygens (including phenoxy) is 3. The lowest BCUT2D eigenvalue weighted by molar-refractivity contribution is -0.139. The summed E-state index contributed by atoms with van der Waals surface area (Å²) < 4.78 is 16.3. The molecule has 4 nitrogen and oxygen atoms in total. The molecule has 0 atom stereocenters. The molecule has 140 valence electrons. The average molecular weight is 364 g/mol. The summed E-state index contributed by atoms with van der Waals surface area (Å²) in [5, 5.41) is 0. The van der Waals surface area contributed by atoms with E-state index in [0.29, 0.717) is 18.8 Å². The summed E-state index contributed by atoms with van der Waals surface area (Å²) in [4.78, 5) is 11.4. The van der Waals surface area contributed by atoms with Crippen molar-refractivity contribution in [3.8, 4) is 11.5 Å². The van der Waals surface area contributed by atoms with Gasteiger partial charge >= 0.3 is 5.97 Å². The third-order valence-corrected chi connectivity index (χ3v) is 4.44. The van der Waals surface area contributed by atoms with E-state index in [1.807, 2.05) is 24.3 Å². The van der Waals surface area contributed by atoms with Crippen LogP contribution in [-0.2, 0) is 16.0 Å².